The van der Waals surface area contributed by atoms with Crippen LogP contribution in [0.2, 0.25) is 0 Å². The summed E-state index contributed by atoms with van der Waals surface area (Å²) in [5, 5.41) is 24.0. The van der Waals surface area contributed by atoms with Crippen molar-refractivity contribution in [1.29, 1.82) is 5.26 Å². The van der Waals surface area contributed by atoms with E-state index in [0.717, 1.165) is 22.7 Å². The maximum absolute atomic E-state index is 14.9. The van der Waals surface area contributed by atoms with E-state index in [1.165, 1.54) is 0 Å². The maximum atomic E-state index is 14.9. The number of benzene rings is 1. The van der Waals surface area contributed by atoms with Crippen molar-refractivity contribution in [1.82, 2.24) is 20.1 Å². The normalized spacial score (nSPS) is 17.9. The number of nitriles is 1. The van der Waals surface area contributed by atoms with Gasteiger partial charge >= 0.3 is 6.09 Å². The van der Waals surface area contributed by atoms with Crippen LogP contribution >= 0.6 is 0 Å². The number of rotatable bonds is 5. The minimum atomic E-state index is -0.668. The fourth-order valence-electron chi connectivity index (χ4n) is 4.11. The second-order valence-electron chi connectivity index (χ2n) is 9.76. The van der Waals surface area contributed by atoms with E-state index in [-0.39, 0.29) is 29.8 Å². The van der Waals surface area contributed by atoms with Crippen molar-refractivity contribution in [3.8, 4) is 6.07 Å². The molecule has 0 bridgehead atoms. The van der Waals surface area contributed by atoms with Gasteiger partial charge in [-0.05, 0) is 58.4 Å². The lowest BCUT2D eigenvalue weighted by atomic mass is 10.0. The van der Waals surface area contributed by atoms with Gasteiger partial charge in [0.2, 0.25) is 0 Å². The SMILES string of the molecule is Cc1nn(C)c2ccc(Nc3nc(N[C@@H]4CCOC[C@@H]4NC(=O)OC(C)(C)C)c(F)cc3C#N)cc12. The summed E-state index contributed by atoms with van der Waals surface area (Å²) in [6.45, 7) is 7.93. The minimum Gasteiger partial charge on any atom is -0.444 e. The summed E-state index contributed by atoms with van der Waals surface area (Å²) >= 11 is 0. The molecule has 1 aliphatic heterocycles. The van der Waals surface area contributed by atoms with E-state index < -0.39 is 23.6 Å². The summed E-state index contributed by atoms with van der Waals surface area (Å²) in [5.74, 6) is -0.484. The van der Waals surface area contributed by atoms with Crippen LogP contribution in [-0.4, -0.2) is 51.8 Å². The molecule has 0 radical (unpaired) electrons. The second-order valence-corrected chi connectivity index (χ2v) is 9.76. The van der Waals surface area contributed by atoms with Crippen LogP contribution in [0.5, 0.6) is 0 Å². The highest BCUT2D eigenvalue weighted by Gasteiger charge is 2.30. The van der Waals surface area contributed by atoms with Crippen molar-refractivity contribution in [3.63, 3.8) is 0 Å². The van der Waals surface area contributed by atoms with E-state index in [4.69, 9.17) is 9.47 Å². The predicted molar refractivity (Wildman–Crippen MR) is 134 cm³/mol. The quantitative estimate of drug-likeness (QED) is 0.482. The number of anilines is 3. The second kappa shape index (κ2) is 9.99. The lowest BCUT2D eigenvalue weighted by Crippen LogP contribution is -2.53. The molecule has 4 rings (SSSR count). The average Bonchev–Trinajstić information content (AvgIpc) is 3.08. The maximum Gasteiger partial charge on any atom is 0.408 e. The zero-order valence-corrected chi connectivity index (χ0v) is 21.0. The van der Waals surface area contributed by atoms with Crippen LogP contribution < -0.4 is 16.0 Å². The molecule has 3 heterocycles. The van der Waals surface area contributed by atoms with Crippen molar-refractivity contribution in [2.24, 2.45) is 7.05 Å². The molecule has 10 nitrogen and oxygen atoms in total. The summed E-state index contributed by atoms with van der Waals surface area (Å²) in [5.41, 5.74) is 1.94. The molecule has 0 spiro atoms. The van der Waals surface area contributed by atoms with Crippen LogP contribution in [-0.2, 0) is 16.5 Å². The van der Waals surface area contributed by atoms with E-state index in [0.29, 0.717) is 18.7 Å². The highest BCUT2D eigenvalue weighted by Crippen LogP contribution is 2.28. The number of aromatic nitrogens is 3. The Balaban J connectivity index is 1.57. The van der Waals surface area contributed by atoms with Gasteiger partial charge in [0.05, 0.1) is 35.5 Å². The van der Waals surface area contributed by atoms with Gasteiger partial charge in [0.1, 0.15) is 11.7 Å². The molecule has 3 N–H and O–H groups in total. The number of pyridine rings is 1. The van der Waals surface area contributed by atoms with Crippen molar-refractivity contribution in [2.45, 2.75) is 51.8 Å². The highest BCUT2D eigenvalue weighted by molar-refractivity contribution is 5.86. The summed E-state index contributed by atoms with van der Waals surface area (Å²) < 4.78 is 27.6. The Morgan fingerprint density at radius 2 is 2.06 bits per heavy atom. The molecular formula is C25H30FN7O3. The topological polar surface area (TPSA) is 126 Å². The zero-order valence-electron chi connectivity index (χ0n) is 21.0. The van der Waals surface area contributed by atoms with Gasteiger partial charge in [0, 0.05) is 24.7 Å². The third kappa shape index (κ3) is 5.66. The molecule has 1 amide bonds. The van der Waals surface area contributed by atoms with Gasteiger partial charge in [-0.25, -0.2) is 14.2 Å². The molecule has 1 aromatic carbocycles. The first kappa shape index (κ1) is 25.2. The van der Waals surface area contributed by atoms with Gasteiger partial charge in [0.15, 0.2) is 17.5 Å². The highest BCUT2D eigenvalue weighted by atomic mass is 19.1. The number of nitrogens with zero attached hydrogens (tertiary/aromatic N) is 4. The van der Waals surface area contributed by atoms with Gasteiger partial charge in [0.25, 0.3) is 0 Å². The van der Waals surface area contributed by atoms with Gasteiger partial charge in [-0.2, -0.15) is 10.4 Å². The fourth-order valence-corrected chi connectivity index (χ4v) is 4.11. The number of halogens is 1. The lowest BCUT2D eigenvalue weighted by molar-refractivity contribution is 0.0317. The van der Waals surface area contributed by atoms with Gasteiger partial charge in [-0.15, -0.1) is 0 Å². The third-order valence-corrected chi connectivity index (χ3v) is 5.77. The molecule has 3 aromatic rings. The molecule has 2 aromatic heterocycles. The van der Waals surface area contributed by atoms with Crippen LogP contribution in [0, 0.1) is 24.1 Å². The molecule has 2 atom stereocenters. The number of hydrogen-bond donors (Lipinski definition) is 3. The Bertz CT molecular complexity index is 1330. The number of ether oxygens (including phenoxy) is 2. The number of nitrogens with one attached hydrogen (secondary N) is 3. The van der Waals surface area contributed by atoms with Gasteiger partial charge < -0.3 is 25.4 Å². The standard InChI is InChI=1S/C25H30FN7O3/c1-14-17-11-16(6-7-21(17)33(5)32-14)28-22-15(12-27)10-18(26)23(31-22)29-19-8-9-35-13-20(19)30-24(34)36-25(2,3)4/h6-7,10-11,19-20H,8-9,13H2,1-5H3,(H,30,34)(H2,28,29,31)/t19-,20+/m1/s1. The van der Waals surface area contributed by atoms with Gasteiger partial charge in [-0.3, -0.25) is 4.68 Å². The predicted octanol–water partition coefficient (Wildman–Crippen LogP) is 4.13. The molecule has 190 valence electrons. The molecule has 1 aliphatic rings. The number of aryl methyl sites for hydroxylation is 2. The number of carbonyl (C=O) groups excluding carboxylic acids is 1. The van der Waals surface area contributed by atoms with Crippen molar-refractivity contribution in [2.75, 3.05) is 23.8 Å². The Morgan fingerprint density at radius 1 is 1.28 bits per heavy atom. The molecule has 1 fully saturated rings. The smallest absolute Gasteiger partial charge is 0.408 e. The molecule has 0 unspecified atom stereocenters. The van der Waals surface area contributed by atoms with Crippen molar-refractivity contribution >= 4 is 34.3 Å². The summed E-state index contributed by atoms with van der Waals surface area (Å²) in [6, 6.07) is 8.00. The van der Waals surface area contributed by atoms with E-state index in [1.807, 2.05) is 38.2 Å². The molecular weight excluding hydrogens is 465 g/mol. The fraction of sp³-hybridized carbons (Fsp3) is 0.440. The number of amides is 1. The largest absolute Gasteiger partial charge is 0.444 e. The Morgan fingerprint density at radius 3 is 2.78 bits per heavy atom. The molecule has 36 heavy (non-hydrogen) atoms. The number of alkyl carbamates (subject to hydrolysis) is 1. The first-order valence-electron chi connectivity index (χ1n) is 11.7. The van der Waals surface area contributed by atoms with Crippen LogP contribution in [0.1, 0.15) is 38.4 Å². The Hall–Kier alpha value is -3.91. The summed E-state index contributed by atoms with van der Waals surface area (Å²) in [6.07, 6.45) is -0.0668. The lowest BCUT2D eigenvalue weighted by Gasteiger charge is -2.33. The van der Waals surface area contributed by atoms with Crippen LogP contribution in [0.4, 0.5) is 26.5 Å². The van der Waals surface area contributed by atoms with Crippen LogP contribution in [0.3, 0.4) is 0 Å². The van der Waals surface area contributed by atoms with Gasteiger partial charge in [-0.1, -0.05) is 0 Å². The zero-order chi connectivity index (χ0) is 26.0. The Kier molecular flexibility index (Phi) is 6.99. The van der Waals surface area contributed by atoms with E-state index >= 15 is 0 Å². The number of carbonyl (C=O) groups is 1. The summed E-state index contributed by atoms with van der Waals surface area (Å²) in [7, 11) is 1.87. The first-order valence-corrected chi connectivity index (χ1v) is 11.7. The van der Waals surface area contributed by atoms with E-state index in [9.17, 15) is 14.4 Å². The third-order valence-electron chi connectivity index (χ3n) is 5.77. The van der Waals surface area contributed by atoms with Crippen molar-refractivity contribution < 1.29 is 18.7 Å². The average molecular weight is 496 g/mol. The van der Waals surface area contributed by atoms with Crippen molar-refractivity contribution in [3.05, 3.63) is 41.3 Å². The van der Waals surface area contributed by atoms with E-state index in [2.05, 4.69) is 26.0 Å². The minimum absolute atomic E-state index is 0.0296. The molecule has 0 saturated carbocycles. The molecule has 1 saturated heterocycles. The first-order chi connectivity index (χ1) is 17.0. The Labute approximate surface area is 208 Å². The van der Waals surface area contributed by atoms with Crippen LogP contribution in [0.25, 0.3) is 10.9 Å². The monoisotopic (exact) mass is 495 g/mol. The molecule has 11 heteroatoms. The number of fused-ring (bicyclic) bond motifs is 1. The van der Waals surface area contributed by atoms with E-state index in [1.54, 1.807) is 25.5 Å². The number of hydrogen-bond acceptors (Lipinski definition) is 8. The molecule has 0 aliphatic carbocycles. The van der Waals surface area contributed by atoms with Crippen LogP contribution in [0.15, 0.2) is 24.3 Å². The summed E-state index contributed by atoms with van der Waals surface area (Å²) in [4.78, 5) is 16.7.